The second kappa shape index (κ2) is 8.01. The Hall–Kier alpha value is -0.0900. The van der Waals surface area contributed by atoms with E-state index in [-0.39, 0.29) is 23.0 Å². The fourth-order valence-electron chi connectivity index (χ4n) is 0.678. The normalized spacial score (nSPS) is 11.5. The van der Waals surface area contributed by atoms with Gasteiger partial charge < -0.3 is 27.5 Å². The Kier molecular flexibility index (Phi) is 9.83. The summed E-state index contributed by atoms with van der Waals surface area (Å²) in [5.74, 6) is -0.288. The maximum atomic E-state index is 10.8. The summed E-state index contributed by atoms with van der Waals surface area (Å²) in [6, 6.07) is -0.426. The van der Waals surface area contributed by atoms with Gasteiger partial charge in [0.15, 0.2) is 0 Å². The summed E-state index contributed by atoms with van der Waals surface area (Å²) < 4.78 is 4.69. The number of ether oxygens (including phenoxy) is 1. The third-order valence-electron chi connectivity index (χ3n) is 1.19. The molecule has 0 aromatic carbocycles. The molecule has 0 saturated carbocycles. The lowest BCUT2D eigenvalue weighted by Gasteiger charge is -2.07. The van der Waals surface area contributed by atoms with E-state index in [2.05, 4.69) is 0 Å². The quantitative estimate of drug-likeness (QED) is 0.546. The van der Waals surface area contributed by atoms with Crippen LogP contribution in [0.3, 0.4) is 0 Å². The van der Waals surface area contributed by atoms with Gasteiger partial charge in [0, 0.05) is 0 Å². The summed E-state index contributed by atoms with van der Waals surface area (Å²) in [5.41, 5.74) is 5.44. The van der Waals surface area contributed by atoms with Crippen LogP contribution in [0.5, 0.6) is 0 Å². The molecule has 3 nitrogen and oxygen atoms in total. The number of halogens is 1. The minimum atomic E-state index is -0.426. The number of rotatable bonds is 4. The summed E-state index contributed by atoms with van der Waals surface area (Å²) in [4.78, 5) is 10.8. The molecule has 0 bridgehead atoms. The highest BCUT2D eigenvalue weighted by atomic mass is 79.9. The van der Waals surface area contributed by atoms with Gasteiger partial charge in [-0.25, -0.2) is 0 Å². The van der Waals surface area contributed by atoms with Gasteiger partial charge in [0.1, 0.15) is 6.04 Å². The van der Waals surface area contributed by atoms with Crippen LogP contribution in [0.2, 0.25) is 0 Å². The van der Waals surface area contributed by atoms with Crippen LogP contribution in [0.25, 0.3) is 0 Å². The van der Waals surface area contributed by atoms with E-state index in [1.54, 1.807) is 6.92 Å². The van der Waals surface area contributed by atoms with Crippen molar-refractivity contribution < 1.29 is 26.5 Å². The first-order chi connectivity index (χ1) is 4.72. The number of carbonyl (C=O) groups is 1. The van der Waals surface area contributed by atoms with E-state index in [1.807, 2.05) is 6.92 Å². The van der Waals surface area contributed by atoms with Crippen molar-refractivity contribution in [2.45, 2.75) is 32.7 Å². The molecule has 0 aliphatic carbocycles. The van der Waals surface area contributed by atoms with Crippen molar-refractivity contribution in [3.63, 3.8) is 0 Å². The van der Waals surface area contributed by atoms with E-state index in [4.69, 9.17) is 10.5 Å². The maximum Gasteiger partial charge on any atom is 0.322 e. The fourth-order valence-corrected chi connectivity index (χ4v) is 0.678. The standard InChI is InChI=1S/C7H15NO2.BrH/c1-3-5-6(8)7(9)10-4-2;/h6H,3-5,8H2,1-2H3;1H/p-1/t6-;/m1./s1. The van der Waals surface area contributed by atoms with Crippen LogP contribution in [0.1, 0.15) is 26.7 Å². The summed E-state index contributed by atoms with van der Waals surface area (Å²) in [5, 5.41) is 0. The van der Waals surface area contributed by atoms with Gasteiger partial charge in [0.2, 0.25) is 0 Å². The van der Waals surface area contributed by atoms with Gasteiger partial charge in [-0.2, -0.15) is 0 Å². The van der Waals surface area contributed by atoms with E-state index >= 15 is 0 Å². The van der Waals surface area contributed by atoms with Gasteiger partial charge in [0.25, 0.3) is 0 Å². The lowest BCUT2D eigenvalue weighted by molar-refractivity contribution is -0.144. The predicted molar refractivity (Wildman–Crippen MR) is 39.5 cm³/mol. The van der Waals surface area contributed by atoms with Gasteiger partial charge in [-0.15, -0.1) is 0 Å². The first-order valence-electron chi connectivity index (χ1n) is 3.64. The number of hydrogen-bond acceptors (Lipinski definition) is 3. The molecule has 0 aromatic heterocycles. The molecule has 68 valence electrons. The molecule has 11 heavy (non-hydrogen) atoms. The average Bonchev–Trinajstić information content (AvgIpc) is 1.89. The van der Waals surface area contributed by atoms with E-state index in [1.165, 1.54) is 0 Å². The van der Waals surface area contributed by atoms with Gasteiger partial charge in [0.05, 0.1) is 6.61 Å². The van der Waals surface area contributed by atoms with Crippen molar-refractivity contribution in [1.82, 2.24) is 0 Å². The fraction of sp³-hybridized carbons (Fsp3) is 0.857. The SMILES string of the molecule is CCC[C@@H](N)C(=O)OCC.[Br-]. The summed E-state index contributed by atoms with van der Waals surface area (Å²) in [6.45, 7) is 4.17. The highest BCUT2D eigenvalue weighted by molar-refractivity contribution is 5.75. The zero-order valence-corrected chi connectivity index (χ0v) is 8.56. The molecule has 0 spiro atoms. The van der Waals surface area contributed by atoms with Gasteiger partial charge >= 0.3 is 5.97 Å². The van der Waals surface area contributed by atoms with E-state index in [0.717, 1.165) is 6.42 Å². The lowest BCUT2D eigenvalue weighted by atomic mass is 10.2. The second-order valence-electron chi connectivity index (χ2n) is 2.15. The molecule has 0 radical (unpaired) electrons. The molecular formula is C7H15BrNO2-. The Morgan fingerprint density at radius 2 is 2.09 bits per heavy atom. The Morgan fingerprint density at radius 3 is 2.45 bits per heavy atom. The van der Waals surface area contributed by atoms with Gasteiger partial charge in [-0.3, -0.25) is 4.79 Å². The summed E-state index contributed by atoms with van der Waals surface area (Å²) in [6.07, 6.45) is 1.62. The van der Waals surface area contributed by atoms with Crippen molar-refractivity contribution in [1.29, 1.82) is 0 Å². The molecular weight excluding hydrogens is 210 g/mol. The Balaban J connectivity index is 0. The van der Waals surface area contributed by atoms with Crippen LogP contribution in [-0.4, -0.2) is 18.6 Å². The zero-order valence-electron chi connectivity index (χ0n) is 6.97. The number of nitrogens with two attached hydrogens (primary N) is 1. The first-order valence-corrected chi connectivity index (χ1v) is 3.64. The molecule has 4 heteroatoms. The Labute approximate surface area is 78.1 Å². The van der Waals surface area contributed by atoms with Crippen molar-refractivity contribution in [2.75, 3.05) is 6.61 Å². The molecule has 0 unspecified atom stereocenters. The topological polar surface area (TPSA) is 52.3 Å². The van der Waals surface area contributed by atoms with Crippen LogP contribution in [-0.2, 0) is 9.53 Å². The van der Waals surface area contributed by atoms with Gasteiger partial charge in [-0.1, -0.05) is 13.3 Å². The van der Waals surface area contributed by atoms with Crippen LogP contribution in [0, 0.1) is 0 Å². The van der Waals surface area contributed by atoms with Crippen LogP contribution >= 0.6 is 0 Å². The zero-order chi connectivity index (χ0) is 7.98. The molecule has 2 N–H and O–H groups in total. The summed E-state index contributed by atoms with van der Waals surface area (Å²) >= 11 is 0. The van der Waals surface area contributed by atoms with Crippen molar-refractivity contribution in [3.05, 3.63) is 0 Å². The van der Waals surface area contributed by atoms with Crippen LogP contribution in [0.4, 0.5) is 0 Å². The minimum Gasteiger partial charge on any atom is -1.00 e. The third-order valence-corrected chi connectivity index (χ3v) is 1.19. The Morgan fingerprint density at radius 1 is 1.55 bits per heavy atom. The molecule has 0 fully saturated rings. The van der Waals surface area contributed by atoms with E-state index in [0.29, 0.717) is 13.0 Å². The molecule has 0 amide bonds. The third kappa shape index (κ3) is 6.31. The molecule has 0 aromatic rings. The molecule has 1 atom stereocenters. The maximum absolute atomic E-state index is 10.8. The van der Waals surface area contributed by atoms with Gasteiger partial charge in [-0.05, 0) is 13.3 Å². The monoisotopic (exact) mass is 224 g/mol. The lowest BCUT2D eigenvalue weighted by Crippen LogP contribution is -3.00. The Bertz CT molecular complexity index is 109. The smallest absolute Gasteiger partial charge is 0.322 e. The van der Waals surface area contributed by atoms with Crippen molar-refractivity contribution in [2.24, 2.45) is 5.73 Å². The van der Waals surface area contributed by atoms with E-state index in [9.17, 15) is 4.79 Å². The number of hydrogen-bond donors (Lipinski definition) is 1. The average molecular weight is 225 g/mol. The molecule has 0 aliphatic heterocycles. The van der Waals surface area contributed by atoms with Crippen LogP contribution < -0.4 is 22.7 Å². The van der Waals surface area contributed by atoms with E-state index < -0.39 is 6.04 Å². The highest BCUT2D eigenvalue weighted by Crippen LogP contribution is 1.95. The van der Waals surface area contributed by atoms with Crippen molar-refractivity contribution >= 4 is 5.97 Å². The number of esters is 1. The molecule has 0 aliphatic rings. The minimum absolute atomic E-state index is 0. The second-order valence-corrected chi connectivity index (χ2v) is 2.15. The first kappa shape index (κ1) is 13.5. The molecule has 0 rings (SSSR count). The largest absolute Gasteiger partial charge is 1.00 e. The molecule has 0 saturated heterocycles. The highest BCUT2D eigenvalue weighted by Gasteiger charge is 2.11. The predicted octanol–water partition coefficient (Wildman–Crippen LogP) is -2.32. The molecule has 0 heterocycles. The van der Waals surface area contributed by atoms with Crippen molar-refractivity contribution in [3.8, 4) is 0 Å². The summed E-state index contributed by atoms with van der Waals surface area (Å²) in [7, 11) is 0. The number of carbonyl (C=O) groups excluding carboxylic acids is 1. The van der Waals surface area contributed by atoms with Crippen LogP contribution in [0.15, 0.2) is 0 Å².